The fraction of sp³-hybridized carbons (Fsp3) is 0.278. The number of halogens is 2. The Morgan fingerprint density at radius 1 is 1.27 bits per heavy atom. The zero-order chi connectivity index (χ0) is 19.1. The lowest BCUT2D eigenvalue weighted by molar-refractivity contribution is -0.126. The first-order valence-corrected chi connectivity index (χ1v) is 9.16. The standard InChI is InChI=1S/C18H20BrClN4O2/c1-12(18(26)22-9-13-5-3-4-6-15(13)20)24(2)11-17(25)23-16-8-7-14(19)10-21-16/h3-8,10,12H,9,11H2,1-2H3,(H,22,26)(H,21,23,25). The molecule has 2 rings (SSSR count). The molecule has 1 aromatic heterocycles. The van der Waals surface area contributed by atoms with Crippen molar-refractivity contribution in [2.45, 2.75) is 19.5 Å². The Morgan fingerprint density at radius 2 is 2.00 bits per heavy atom. The summed E-state index contributed by atoms with van der Waals surface area (Å²) in [6.45, 7) is 2.15. The van der Waals surface area contributed by atoms with Crippen LogP contribution in [0.4, 0.5) is 5.82 Å². The van der Waals surface area contributed by atoms with Crippen molar-refractivity contribution in [3.05, 3.63) is 57.7 Å². The first-order chi connectivity index (χ1) is 12.4. The van der Waals surface area contributed by atoms with Crippen LogP contribution in [-0.4, -0.2) is 41.3 Å². The number of hydrogen-bond donors (Lipinski definition) is 2. The van der Waals surface area contributed by atoms with Crippen molar-refractivity contribution in [1.29, 1.82) is 0 Å². The van der Waals surface area contributed by atoms with E-state index in [1.165, 1.54) is 0 Å². The molecule has 2 amide bonds. The molecule has 0 fully saturated rings. The Morgan fingerprint density at radius 3 is 2.65 bits per heavy atom. The largest absolute Gasteiger partial charge is 0.351 e. The van der Waals surface area contributed by atoms with Crippen molar-refractivity contribution in [2.24, 2.45) is 0 Å². The van der Waals surface area contributed by atoms with Gasteiger partial charge in [-0.05, 0) is 53.7 Å². The Kier molecular flexibility index (Phi) is 7.56. The van der Waals surface area contributed by atoms with Crippen molar-refractivity contribution in [2.75, 3.05) is 18.9 Å². The summed E-state index contributed by atoms with van der Waals surface area (Å²) < 4.78 is 0.830. The maximum atomic E-state index is 12.3. The summed E-state index contributed by atoms with van der Waals surface area (Å²) in [6, 6.07) is 10.3. The predicted molar refractivity (Wildman–Crippen MR) is 106 cm³/mol. The average Bonchev–Trinajstić information content (AvgIpc) is 2.62. The summed E-state index contributed by atoms with van der Waals surface area (Å²) in [6.07, 6.45) is 1.60. The first-order valence-electron chi connectivity index (χ1n) is 7.99. The predicted octanol–water partition coefficient (Wildman–Crippen LogP) is 3.07. The van der Waals surface area contributed by atoms with Crippen LogP contribution in [-0.2, 0) is 16.1 Å². The third kappa shape index (κ3) is 6.09. The van der Waals surface area contributed by atoms with E-state index in [0.717, 1.165) is 10.0 Å². The number of benzene rings is 1. The van der Waals surface area contributed by atoms with Crippen molar-refractivity contribution in [3.63, 3.8) is 0 Å². The second kappa shape index (κ2) is 9.66. The van der Waals surface area contributed by atoms with Crippen LogP contribution in [0, 0.1) is 0 Å². The van der Waals surface area contributed by atoms with E-state index in [1.807, 2.05) is 18.2 Å². The number of pyridine rings is 1. The van der Waals surface area contributed by atoms with Crippen LogP contribution >= 0.6 is 27.5 Å². The van der Waals surface area contributed by atoms with E-state index in [0.29, 0.717) is 17.4 Å². The van der Waals surface area contributed by atoms with E-state index < -0.39 is 6.04 Å². The molecule has 1 atom stereocenters. The van der Waals surface area contributed by atoms with Gasteiger partial charge in [0.2, 0.25) is 11.8 Å². The molecule has 0 aliphatic carbocycles. The van der Waals surface area contributed by atoms with E-state index in [4.69, 9.17) is 11.6 Å². The van der Waals surface area contributed by atoms with Gasteiger partial charge in [-0.25, -0.2) is 4.98 Å². The summed E-state index contributed by atoms with van der Waals surface area (Å²) in [7, 11) is 1.72. The van der Waals surface area contributed by atoms with Gasteiger partial charge in [-0.1, -0.05) is 29.8 Å². The molecule has 2 aromatic rings. The summed E-state index contributed by atoms with van der Waals surface area (Å²) >= 11 is 9.37. The second-order valence-corrected chi connectivity index (χ2v) is 7.13. The zero-order valence-electron chi connectivity index (χ0n) is 14.5. The molecular formula is C18H20BrClN4O2. The molecular weight excluding hydrogens is 420 g/mol. The number of likely N-dealkylation sites (N-methyl/N-ethyl adjacent to an activating group) is 1. The molecule has 0 aliphatic rings. The molecule has 138 valence electrons. The number of nitrogens with zero attached hydrogens (tertiary/aromatic N) is 2. The Hall–Kier alpha value is -1.96. The van der Waals surface area contributed by atoms with Gasteiger partial charge in [-0.15, -0.1) is 0 Å². The Balaban J connectivity index is 1.82. The second-order valence-electron chi connectivity index (χ2n) is 5.81. The van der Waals surface area contributed by atoms with Crippen molar-refractivity contribution in [1.82, 2.24) is 15.2 Å². The van der Waals surface area contributed by atoms with Gasteiger partial charge in [0.25, 0.3) is 0 Å². The van der Waals surface area contributed by atoms with Gasteiger partial charge in [0.1, 0.15) is 5.82 Å². The number of amides is 2. The highest BCUT2D eigenvalue weighted by molar-refractivity contribution is 9.10. The maximum Gasteiger partial charge on any atom is 0.239 e. The normalized spacial score (nSPS) is 11.9. The third-order valence-electron chi connectivity index (χ3n) is 3.84. The van der Waals surface area contributed by atoms with E-state index in [9.17, 15) is 9.59 Å². The van der Waals surface area contributed by atoms with Gasteiger partial charge in [0, 0.05) is 22.2 Å². The fourth-order valence-corrected chi connectivity index (χ4v) is 2.60. The van der Waals surface area contributed by atoms with Crippen LogP contribution in [0.1, 0.15) is 12.5 Å². The zero-order valence-corrected chi connectivity index (χ0v) is 16.8. The lowest BCUT2D eigenvalue weighted by atomic mass is 10.2. The number of rotatable bonds is 7. The lowest BCUT2D eigenvalue weighted by Crippen LogP contribution is -2.45. The minimum atomic E-state index is -0.471. The molecule has 1 aromatic carbocycles. The molecule has 26 heavy (non-hydrogen) atoms. The highest BCUT2D eigenvalue weighted by atomic mass is 79.9. The van der Waals surface area contributed by atoms with E-state index >= 15 is 0 Å². The quantitative estimate of drug-likeness (QED) is 0.695. The van der Waals surface area contributed by atoms with Gasteiger partial charge in [0.05, 0.1) is 12.6 Å². The number of carbonyl (C=O) groups excluding carboxylic acids is 2. The maximum absolute atomic E-state index is 12.3. The molecule has 0 radical (unpaired) electrons. The molecule has 0 aliphatic heterocycles. The van der Waals surface area contributed by atoms with Gasteiger partial charge < -0.3 is 10.6 Å². The molecule has 0 saturated carbocycles. The molecule has 2 N–H and O–H groups in total. The summed E-state index contributed by atoms with van der Waals surface area (Å²) in [5.41, 5.74) is 0.844. The molecule has 8 heteroatoms. The molecule has 1 unspecified atom stereocenters. The summed E-state index contributed by atoms with van der Waals surface area (Å²) in [4.78, 5) is 30.2. The monoisotopic (exact) mass is 438 g/mol. The number of hydrogen-bond acceptors (Lipinski definition) is 4. The number of carbonyl (C=O) groups is 2. The van der Waals surface area contributed by atoms with E-state index in [-0.39, 0.29) is 18.4 Å². The van der Waals surface area contributed by atoms with Gasteiger partial charge >= 0.3 is 0 Å². The molecule has 0 saturated heterocycles. The Bertz CT molecular complexity index is 770. The summed E-state index contributed by atoms with van der Waals surface area (Å²) in [5, 5.41) is 6.14. The van der Waals surface area contributed by atoms with Gasteiger partial charge in [0.15, 0.2) is 0 Å². The Labute approximate surface area is 166 Å². The topological polar surface area (TPSA) is 74.3 Å². The van der Waals surface area contributed by atoms with Crippen molar-refractivity contribution in [3.8, 4) is 0 Å². The third-order valence-corrected chi connectivity index (χ3v) is 4.68. The molecule has 0 bridgehead atoms. The molecule has 0 spiro atoms. The smallest absolute Gasteiger partial charge is 0.239 e. The minimum Gasteiger partial charge on any atom is -0.351 e. The lowest BCUT2D eigenvalue weighted by Gasteiger charge is -2.23. The van der Waals surface area contributed by atoms with Crippen molar-refractivity contribution < 1.29 is 9.59 Å². The van der Waals surface area contributed by atoms with E-state index in [2.05, 4.69) is 31.5 Å². The number of aromatic nitrogens is 1. The average molecular weight is 440 g/mol. The van der Waals surface area contributed by atoms with Crippen LogP contribution in [0.5, 0.6) is 0 Å². The van der Waals surface area contributed by atoms with E-state index in [1.54, 1.807) is 43.3 Å². The van der Waals surface area contributed by atoms with Crippen LogP contribution in [0.3, 0.4) is 0 Å². The van der Waals surface area contributed by atoms with Gasteiger partial charge in [-0.3, -0.25) is 14.5 Å². The van der Waals surface area contributed by atoms with Crippen LogP contribution in [0.15, 0.2) is 47.1 Å². The fourth-order valence-electron chi connectivity index (χ4n) is 2.17. The number of nitrogens with one attached hydrogen (secondary N) is 2. The highest BCUT2D eigenvalue weighted by Crippen LogP contribution is 2.14. The van der Waals surface area contributed by atoms with Crippen LogP contribution in [0.25, 0.3) is 0 Å². The van der Waals surface area contributed by atoms with Crippen LogP contribution in [0.2, 0.25) is 5.02 Å². The summed E-state index contributed by atoms with van der Waals surface area (Å²) in [5.74, 6) is 0.0393. The van der Waals surface area contributed by atoms with Crippen LogP contribution < -0.4 is 10.6 Å². The minimum absolute atomic E-state index is 0.0679. The first kappa shape index (κ1) is 20.4. The number of anilines is 1. The molecule has 1 heterocycles. The SMILES string of the molecule is CC(C(=O)NCc1ccccc1Cl)N(C)CC(=O)Nc1ccc(Br)cn1. The highest BCUT2D eigenvalue weighted by Gasteiger charge is 2.20. The van der Waals surface area contributed by atoms with Gasteiger partial charge in [-0.2, -0.15) is 0 Å². The molecule has 6 nitrogen and oxygen atoms in total. The van der Waals surface area contributed by atoms with Crippen molar-refractivity contribution >= 4 is 45.2 Å².